The summed E-state index contributed by atoms with van der Waals surface area (Å²) in [4.78, 5) is 14.4. The number of carbonyl (C=O) groups is 1. The predicted octanol–water partition coefficient (Wildman–Crippen LogP) is 3.23. The van der Waals surface area contributed by atoms with Gasteiger partial charge < -0.3 is 10.6 Å². The molecule has 0 radical (unpaired) electrons. The van der Waals surface area contributed by atoms with Gasteiger partial charge in [-0.2, -0.15) is 0 Å². The maximum atomic E-state index is 12.5. The summed E-state index contributed by atoms with van der Waals surface area (Å²) < 4.78 is 0. The van der Waals surface area contributed by atoms with Gasteiger partial charge in [0.1, 0.15) is 0 Å². The van der Waals surface area contributed by atoms with Crippen molar-refractivity contribution in [3.8, 4) is 0 Å². The molecular weight excluding hydrogens is 308 g/mol. The van der Waals surface area contributed by atoms with Gasteiger partial charge in [-0.05, 0) is 29.7 Å². The number of hydrogen-bond acceptors (Lipinski definition) is 2. The van der Waals surface area contributed by atoms with Crippen LogP contribution in [0, 0.1) is 0 Å². The molecule has 2 aromatic carbocycles. The molecule has 4 heteroatoms. The fraction of sp³-hybridized carbons (Fsp3) is 0.316. The average Bonchev–Trinajstić information content (AvgIpc) is 2.97. The van der Waals surface area contributed by atoms with Crippen LogP contribution >= 0.6 is 11.6 Å². The number of halogens is 1. The molecule has 1 fully saturated rings. The van der Waals surface area contributed by atoms with Crippen LogP contribution in [0.15, 0.2) is 54.6 Å². The maximum absolute atomic E-state index is 12.5. The predicted molar refractivity (Wildman–Crippen MR) is 93.5 cm³/mol. The Kier molecular flexibility index (Phi) is 4.99. The molecule has 2 N–H and O–H groups in total. The van der Waals surface area contributed by atoms with Gasteiger partial charge in [0, 0.05) is 36.5 Å². The first-order chi connectivity index (χ1) is 11.1. The van der Waals surface area contributed by atoms with Crippen molar-refractivity contribution in [2.75, 3.05) is 13.1 Å². The van der Waals surface area contributed by atoms with Gasteiger partial charge in [-0.3, -0.25) is 4.79 Å². The van der Waals surface area contributed by atoms with Crippen molar-refractivity contribution in [3.63, 3.8) is 0 Å². The number of hydrogen-bond donors (Lipinski definition) is 1. The highest BCUT2D eigenvalue weighted by Gasteiger charge is 2.33. The number of carbonyl (C=O) groups excluding carboxylic acids is 1. The molecule has 3 nitrogen and oxygen atoms in total. The minimum atomic E-state index is 0.0110. The number of likely N-dealkylation sites (tertiary alicyclic amines) is 1. The zero-order valence-corrected chi connectivity index (χ0v) is 13.7. The Bertz CT molecular complexity index is 657. The lowest BCUT2D eigenvalue weighted by atomic mass is 9.95. The third-order valence-corrected chi connectivity index (χ3v) is 4.74. The smallest absolute Gasteiger partial charge is 0.222 e. The molecule has 0 aromatic heterocycles. The fourth-order valence-corrected chi connectivity index (χ4v) is 3.27. The fourth-order valence-electron chi connectivity index (χ4n) is 3.15. The summed E-state index contributed by atoms with van der Waals surface area (Å²) in [6.45, 7) is 1.35. The third kappa shape index (κ3) is 3.92. The highest BCUT2D eigenvalue weighted by molar-refractivity contribution is 6.30. The minimum Gasteiger partial charge on any atom is -0.340 e. The first-order valence-electron chi connectivity index (χ1n) is 7.96. The molecule has 0 unspecified atom stereocenters. The molecule has 0 spiro atoms. The SMILES string of the molecule is N[C@@H]1CN(C(=O)CCc2ccc(Cl)cc2)C[C@H]1c1ccccc1. The molecule has 1 aliphatic rings. The Labute approximate surface area is 142 Å². The van der Waals surface area contributed by atoms with E-state index in [2.05, 4.69) is 12.1 Å². The van der Waals surface area contributed by atoms with E-state index in [-0.39, 0.29) is 17.9 Å². The molecule has 3 rings (SSSR count). The number of rotatable bonds is 4. The van der Waals surface area contributed by atoms with Gasteiger partial charge in [0.05, 0.1) is 0 Å². The molecule has 1 heterocycles. The summed E-state index contributed by atoms with van der Waals surface area (Å²) in [5, 5.41) is 0.719. The summed E-state index contributed by atoms with van der Waals surface area (Å²) in [5.41, 5.74) is 8.60. The Morgan fingerprint density at radius 2 is 1.78 bits per heavy atom. The zero-order chi connectivity index (χ0) is 16.2. The quantitative estimate of drug-likeness (QED) is 0.936. The lowest BCUT2D eigenvalue weighted by molar-refractivity contribution is -0.130. The number of aryl methyl sites for hydroxylation is 1. The van der Waals surface area contributed by atoms with Crippen LogP contribution in [0.2, 0.25) is 5.02 Å². The van der Waals surface area contributed by atoms with E-state index in [1.807, 2.05) is 47.4 Å². The van der Waals surface area contributed by atoms with E-state index >= 15 is 0 Å². The van der Waals surface area contributed by atoms with Gasteiger partial charge in [0.15, 0.2) is 0 Å². The van der Waals surface area contributed by atoms with Crippen molar-refractivity contribution in [2.24, 2.45) is 5.73 Å². The van der Waals surface area contributed by atoms with Crippen LogP contribution in [0.25, 0.3) is 0 Å². The van der Waals surface area contributed by atoms with Crippen molar-refractivity contribution in [2.45, 2.75) is 24.8 Å². The van der Waals surface area contributed by atoms with E-state index in [1.54, 1.807) is 0 Å². The largest absolute Gasteiger partial charge is 0.340 e. The summed E-state index contributed by atoms with van der Waals surface area (Å²) in [6.07, 6.45) is 1.24. The minimum absolute atomic E-state index is 0.0110. The van der Waals surface area contributed by atoms with E-state index in [9.17, 15) is 4.79 Å². The standard InChI is InChI=1S/C19H21ClN2O/c20-16-9-6-14(7-10-16)8-11-19(23)22-12-17(18(21)13-22)15-4-2-1-3-5-15/h1-7,9-10,17-18H,8,11-13,21H2/t17-,18+/m0/s1. The summed E-state index contributed by atoms with van der Waals surface area (Å²) >= 11 is 5.88. The molecule has 2 atom stereocenters. The van der Waals surface area contributed by atoms with Gasteiger partial charge in [-0.15, -0.1) is 0 Å². The van der Waals surface area contributed by atoms with Crippen molar-refractivity contribution in [1.29, 1.82) is 0 Å². The molecule has 1 aliphatic heterocycles. The monoisotopic (exact) mass is 328 g/mol. The highest BCUT2D eigenvalue weighted by Crippen LogP contribution is 2.26. The Morgan fingerprint density at radius 3 is 2.48 bits per heavy atom. The lowest BCUT2D eigenvalue weighted by Crippen LogP contribution is -2.32. The second-order valence-corrected chi connectivity index (χ2v) is 6.54. The first kappa shape index (κ1) is 16.0. The molecule has 120 valence electrons. The Balaban J connectivity index is 1.57. The topological polar surface area (TPSA) is 46.3 Å². The lowest BCUT2D eigenvalue weighted by Gasteiger charge is -2.16. The van der Waals surface area contributed by atoms with Crippen molar-refractivity contribution < 1.29 is 4.79 Å². The van der Waals surface area contributed by atoms with Crippen LogP contribution in [0.4, 0.5) is 0 Å². The number of amides is 1. The number of benzene rings is 2. The van der Waals surface area contributed by atoms with E-state index in [1.165, 1.54) is 5.56 Å². The molecular formula is C19H21ClN2O. The van der Waals surface area contributed by atoms with Gasteiger partial charge in [-0.1, -0.05) is 54.1 Å². The van der Waals surface area contributed by atoms with E-state index < -0.39 is 0 Å². The van der Waals surface area contributed by atoms with Crippen molar-refractivity contribution in [1.82, 2.24) is 4.90 Å². The molecule has 23 heavy (non-hydrogen) atoms. The zero-order valence-electron chi connectivity index (χ0n) is 13.0. The molecule has 0 bridgehead atoms. The van der Waals surface area contributed by atoms with Gasteiger partial charge in [0.2, 0.25) is 5.91 Å². The third-order valence-electron chi connectivity index (χ3n) is 4.49. The second-order valence-electron chi connectivity index (χ2n) is 6.11. The molecule has 2 aromatic rings. The van der Waals surface area contributed by atoms with Crippen LogP contribution in [0.5, 0.6) is 0 Å². The van der Waals surface area contributed by atoms with E-state index in [0.29, 0.717) is 19.5 Å². The van der Waals surface area contributed by atoms with E-state index in [4.69, 9.17) is 17.3 Å². The highest BCUT2D eigenvalue weighted by atomic mass is 35.5. The average molecular weight is 329 g/mol. The van der Waals surface area contributed by atoms with Gasteiger partial charge >= 0.3 is 0 Å². The van der Waals surface area contributed by atoms with Crippen LogP contribution < -0.4 is 5.73 Å². The molecule has 1 amide bonds. The van der Waals surface area contributed by atoms with Gasteiger partial charge in [0.25, 0.3) is 0 Å². The van der Waals surface area contributed by atoms with Crippen molar-refractivity contribution in [3.05, 3.63) is 70.7 Å². The summed E-state index contributed by atoms with van der Waals surface area (Å²) in [7, 11) is 0. The Hall–Kier alpha value is -1.84. The van der Waals surface area contributed by atoms with Gasteiger partial charge in [-0.25, -0.2) is 0 Å². The number of nitrogens with zero attached hydrogens (tertiary/aromatic N) is 1. The first-order valence-corrected chi connectivity index (χ1v) is 8.34. The van der Waals surface area contributed by atoms with Crippen LogP contribution in [-0.2, 0) is 11.2 Å². The summed E-state index contributed by atoms with van der Waals surface area (Å²) in [5.74, 6) is 0.407. The second kappa shape index (κ2) is 7.16. The van der Waals surface area contributed by atoms with Crippen LogP contribution in [0.3, 0.4) is 0 Å². The maximum Gasteiger partial charge on any atom is 0.222 e. The van der Waals surface area contributed by atoms with Crippen LogP contribution in [-0.4, -0.2) is 29.9 Å². The number of nitrogens with two attached hydrogens (primary N) is 1. The summed E-state index contributed by atoms with van der Waals surface area (Å²) in [6, 6.07) is 17.9. The van der Waals surface area contributed by atoms with Crippen LogP contribution in [0.1, 0.15) is 23.5 Å². The Morgan fingerprint density at radius 1 is 1.09 bits per heavy atom. The molecule has 0 aliphatic carbocycles. The van der Waals surface area contributed by atoms with E-state index in [0.717, 1.165) is 17.0 Å². The molecule has 1 saturated heterocycles. The normalized spacial score (nSPS) is 20.7. The molecule has 0 saturated carbocycles. The van der Waals surface area contributed by atoms with Crippen molar-refractivity contribution >= 4 is 17.5 Å².